The Morgan fingerprint density at radius 2 is 1.88 bits per heavy atom. The molecule has 0 radical (unpaired) electrons. The average Bonchev–Trinajstić information content (AvgIpc) is 3.14. The molecule has 134 valence electrons. The van der Waals surface area contributed by atoms with E-state index in [-0.39, 0.29) is 0 Å². The summed E-state index contributed by atoms with van der Waals surface area (Å²) in [4.78, 5) is 23.9. The second kappa shape index (κ2) is 6.90. The van der Waals surface area contributed by atoms with Crippen LogP contribution in [-0.4, -0.2) is 22.0 Å². The van der Waals surface area contributed by atoms with Crippen molar-refractivity contribution in [3.8, 4) is 0 Å². The quantitative estimate of drug-likeness (QED) is 0.804. The molecule has 0 unspecified atom stereocenters. The second-order valence-electron chi connectivity index (χ2n) is 7.42. The van der Waals surface area contributed by atoms with Gasteiger partial charge in [-0.15, -0.1) is 0 Å². The van der Waals surface area contributed by atoms with Crippen molar-refractivity contribution in [2.45, 2.75) is 76.7 Å². The fraction of sp³-hybridized carbons (Fsp3) is 0.632. The van der Waals surface area contributed by atoms with Gasteiger partial charge in [0.25, 0.3) is 0 Å². The van der Waals surface area contributed by atoms with E-state index >= 15 is 0 Å². The van der Waals surface area contributed by atoms with Crippen molar-refractivity contribution in [1.29, 1.82) is 0 Å². The Hall–Kier alpha value is -1.69. The first-order chi connectivity index (χ1) is 12.2. The summed E-state index contributed by atoms with van der Waals surface area (Å²) in [6.07, 6.45) is 10.1. The molecule has 0 spiro atoms. The molecule has 6 heteroatoms. The van der Waals surface area contributed by atoms with Gasteiger partial charge >= 0.3 is 0 Å². The third kappa shape index (κ3) is 3.01. The van der Waals surface area contributed by atoms with Gasteiger partial charge in [-0.1, -0.05) is 30.6 Å². The van der Waals surface area contributed by atoms with E-state index in [0.29, 0.717) is 30.6 Å². The van der Waals surface area contributed by atoms with Crippen molar-refractivity contribution in [3.05, 3.63) is 11.3 Å². The zero-order chi connectivity index (χ0) is 17.4. The van der Waals surface area contributed by atoms with Crippen LogP contribution in [0.15, 0.2) is 0 Å². The number of thiophene rings is 1. The predicted molar refractivity (Wildman–Crippen MR) is 100 cm³/mol. The van der Waals surface area contributed by atoms with Crippen LogP contribution in [0.3, 0.4) is 0 Å². The lowest BCUT2D eigenvalue weighted by Gasteiger charge is -2.22. The van der Waals surface area contributed by atoms with Crippen LogP contribution in [0.4, 0.5) is 5.00 Å². The Bertz CT molecular complexity index is 791. The number of carbonyl (C=O) groups is 2. The second-order valence-corrected chi connectivity index (χ2v) is 8.42. The van der Waals surface area contributed by atoms with Crippen LogP contribution in [-0.2, 0) is 9.59 Å². The Balaban J connectivity index is 1.79. The summed E-state index contributed by atoms with van der Waals surface area (Å²) < 4.78 is 2.14. The van der Waals surface area contributed by atoms with E-state index in [1.807, 2.05) is 0 Å². The van der Waals surface area contributed by atoms with Crippen molar-refractivity contribution < 1.29 is 9.59 Å². The number of nitrogens with zero attached hydrogens (tertiary/aromatic N) is 2. The predicted octanol–water partition coefficient (Wildman–Crippen LogP) is 4.71. The van der Waals surface area contributed by atoms with Crippen LogP contribution < -0.4 is 5.32 Å². The van der Waals surface area contributed by atoms with Crippen LogP contribution in [0, 0.1) is 6.92 Å². The molecular formula is C19H25N3O2S. The molecule has 0 saturated heterocycles. The number of nitrogens with one attached hydrogen (secondary N) is 1. The highest BCUT2D eigenvalue weighted by Gasteiger charge is 2.29. The van der Waals surface area contributed by atoms with Gasteiger partial charge in [0.1, 0.15) is 15.6 Å². The van der Waals surface area contributed by atoms with Crippen LogP contribution in [0.1, 0.15) is 81.0 Å². The van der Waals surface area contributed by atoms with Crippen molar-refractivity contribution in [2.24, 2.45) is 0 Å². The number of carbonyl (C=O) groups excluding carboxylic acids is 2. The van der Waals surface area contributed by atoms with Crippen LogP contribution >= 0.6 is 11.3 Å². The van der Waals surface area contributed by atoms with Crippen LogP contribution in [0.25, 0.3) is 10.2 Å². The normalized spacial score (nSPS) is 20.3. The molecule has 2 aromatic heterocycles. The smallest absolute Gasteiger partial charge is 0.212 e. The van der Waals surface area contributed by atoms with Gasteiger partial charge in [-0.2, -0.15) is 5.10 Å². The molecule has 0 aliphatic heterocycles. The molecule has 4 rings (SSSR count). The number of aryl methyl sites for hydroxylation is 1. The number of rotatable bonds is 4. The summed E-state index contributed by atoms with van der Waals surface area (Å²) in [6.45, 7) is 2.08. The van der Waals surface area contributed by atoms with Gasteiger partial charge in [0.05, 0.1) is 11.7 Å². The first-order valence-corrected chi connectivity index (χ1v) is 10.2. The molecule has 25 heavy (non-hydrogen) atoms. The number of amides is 1. The molecule has 1 N–H and O–H groups in total. The summed E-state index contributed by atoms with van der Waals surface area (Å²) in [5, 5.41) is 10.1. The van der Waals surface area contributed by atoms with Gasteiger partial charge in [-0.25, -0.2) is 0 Å². The van der Waals surface area contributed by atoms with Crippen molar-refractivity contribution in [1.82, 2.24) is 9.78 Å². The van der Waals surface area contributed by atoms with E-state index in [1.54, 1.807) is 11.3 Å². The minimum absolute atomic E-state index is 0.302. The maximum absolute atomic E-state index is 11.6. The minimum atomic E-state index is 0.302. The Kier molecular flexibility index (Phi) is 4.63. The lowest BCUT2D eigenvalue weighted by molar-refractivity contribution is -0.120. The maximum atomic E-state index is 11.6. The van der Waals surface area contributed by atoms with E-state index in [1.165, 1.54) is 47.9 Å². The van der Waals surface area contributed by atoms with Gasteiger partial charge in [-0.05, 0) is 38.5 Å². The third-order valence-electron chi connectivity index (χ3n) is 5.82. The lowest BCUT2D eigenvalue weighted by atomic mass is 9.83. The van der Waals surface area contributed by atoms with Gasteiger partial charge in [0, 0.05) is 23.8 Å². The maximum Gasteiger partial charge on any atom is 0.212 e. The van der Waals surface area contributed by atoms with Gasteiger partial charge in [-0.3, -0.25) is 14.3 Å². The van der Waals surface area contributed by atoms with Crippen molar-refractivity contribution in [3.63, 3.8) is 0 Å². The van der Waals surface area contributed by atoms with E-state index < -0.39 is 0 Å². The lowest BCUT2D eigenvalue weighted by Crippen LogP contribution is -2.18. The molecule has 1 amide bonds. The largest absolute Gasteiger partial charge is 0.320 e. The van der Waals surface area contributed by atoms with Crippen LogP contribution in [0.2, 0.25) is 0 Å². The number of ketones is 1. The fourth-order valence-electron chi connectivity index (χ4n) is 4.56. The SMILES string of the molecule is Cc1nn(C2CCC(=O)CC2)c2sc(NC=O)c(C3CCCCC3)c12. The third-order valence-corrected chi connectivity index (χ3v) is 6.94. The molecule has 0 aromatic carbocycles. The summed E-state index contributed by atoms with van der Waals surface area (Å²) in [7, 11) is 0. The molecule has 2 aliphatic rings. The zero-order valence-electron chi connectivity index (χ0n) is 14.7. The highest BCUT2D eigenvalue weighted by Crippen LogP contribution is 2.47. The van der Waals surface area contributed by atoms with Gasteiger partial charge < -0.3 is 5.32 Å². The Labute approximate surface area is 151 Å². The number of hydrogen-bond acceptors (Lipinski definition) is 4. The number of hydrogen-bond donors (Lipinski definition) is 1. The monoisotopic (exact) mass is 359 g/mol. The summed E-state index contributed by atoms with van der Waals surface area (Å²) in [5.74, 6) is 0.892. The van der Waals surface area contributed by atoms with Crippen LogP contribution in [0.5, 0.6) is 0 Å². The molecule has 0 atom stereocenters. The number of fused-ring (bicyclic) bond motifs is 1. The fourth-order valence-corrected chi connectivity index (χ4v) is 5.88. The minimum Gasteiger partial charge on any atom is -0.320 e. The number of Topliss-reactive ketones (excluding diaryl/α,β-unsaturated/α-hetero) is 1. The molecule has 2 saturated carbocycles. The van der Waals surface area contributed by atoms with E-state index in [9.17, 15) is 9.59 Å². The Morgan fingerprint density at radius 3 is 2.56 bits per heavy atom. The Morgan fingerprint density at radius 1 is 1.16 bits per heavy atom. The van der Waals surface area contributed by atoms with E-state index in [2.05, 4.69) is 16.9 Å². The van der Waals surface area contributed by atoms with Gasteiger partial charge in [0.15, 0.2) is 0 Å². The molecule has 2 aromatic rings. The standard InChI is InChI=1S/C19H25N3O2S/c1-12-16-17(13-5-3-2-4-6-13)18(20-11-23)25-19(16)22(21-12)14-7-9-15(24)10-8-14/h11,13-14H,2-10H2,1H3,(H,20,23). The van der Waals surface area contributed by atoms with Gasteiger partial charge in [0.2, 0.25) is 6.41 Å². The first kappa shape index (κ1) is 16.8. The molecular weight excluding hydrogens is 334 g/mol. The molecule has 2 fully saturated rings. The zero-order valence-corrected chi connectivity index (χ0v) is 15.5. The highest BCUT2D eigenvalue weighted by molar-refractivity contribution is 7.22. The number of aromatic nitrogens is 2. The highest BCUT2D eigenvalue weighted by atomic mass is 32.1. The summed E-state index contributed by atoms with van der Waals surface area (Å²) >= 11 is 1.66. The van der Waals surface area contributed by atoms with E-state index in [0.717, 1.165) is 29.9 Å². The summed E-state index contributed by atoms with van der Waals surface area (Å²) in [6, 6.07) is 0.302. The first-order valence-electron chi connectivity index (χ1n) is 9.42. The molecule has 0 bridgehead atoms. The number of anilines is 1. The molecule has 2 aliphatic carbocycles. The summed E-state index contributed by atoms with van der Waals surface area (Å²) in [5.41, 5.74) is 2.37. The average molecular weight is 359 g/mol. The van der Waals surface area contributed by atoms with E-state index in [4.69, 9.17) is 5.10 Å². The van der Waals surface area contributed by atoms with Crippen molar-refractivity contribution >= 4 is 38.7 Å². The van der Waals surface area contributed by atoms with Crippen molar-refractivity contribution in [2.75, 3.05) is 5.32 Å². The topological polar surface area (TPSA) is 64.0 Å². The molecule has 5 nitrogen and oxygen atoms in total. The molecule has 2 heterocycles.